The Bertz CT molecular complexity index is 523. The lowest BCUT2D eigenvalue weighted by Crippen LogP contribution is -2.22. The topological polar surface area (TPSA) is 55.1 Å². The molecule has 0 fully saturated rings. The molecule has 3 N–H and O–H groups in total. The van der Waals surface area contributed by atoms with Crippen LogP contribution in [0.2, 0.25) is 0 Å². The third-order valence-electron chi connectivity index (χ3n) is 2.85. The molecule has 1 aromatic heterocycles. The van der Waals surface area contributed by atoms with Crippen LogP contribution in [-0.4, -0.2) is 5.91 Å². The summed E-state index contributed by atoms with van der Waals surface area (Å²) in [5.41, 5.74) is 7.45. The van der Waals surface area contributed by atoms with E-state index in [0.717, 1.165) is 24.1 Å². The summed E-state index contributed by atoms with van der Waals surface area (Å²) in [5.74, 6) is 0.0963. The molecular formula is C15H18N2OS. The molecule has 0 saturated heterocycles. The lowest BCUT2D eigenvalue weighted by atomic mass is 10.2. The maximum absolute atomic E-state index is 11.7. The number of thiophene rings is 1. The molecule has 3 nitrogen and oxygen atoms in total. The van der Waals surface area contributed by atoms with E-state index < -0.39 is 0 Å². The minimum absolute atomic E-state index is 0.0963. The highest BCUT2D eigenvalue weighted by atomic mass is 32.1. The molecule has 0 saturated carbocycles. The van der Waals surface area contributed by atoms with Crippen LogP contribution < -0.4 is 11.1 Å². The molecule has 19 heavy (non-hydrogen) atoms. The van der Waals surface area contributed by atoms with E-state index in [1.807, 2.05) is 30.3 Å². The summed E-state index contributed by atoms with van der Waals surface area (Å²) in [5, 5.41) is 4.98. The number of nitrogens with one attached hydrogen (secondary N) is 1. The zero-order valence-electron chi connectivity index (χ0n) is 10.8. The van der Waals surface area contributed by atoms with Crippen molar-refractivity contribution >= 4 is 22.9 Å². The molecule has 0 aliphatic rings. The Labute approximate surface area is 117 Å². The third kappa shape index (κ3) is 4.75. The van der Waals surface area contributed by atoms with Crippen molar-refractivity contribution in [1.82, 2.24) is 5.32 Å². The number of aryl methyl sites for hydroxylation is 1. The minimum Gasteiger partial charge on any atom is -0.399 e. The van der Waals surface area contributed by atoms with Crippen LogP contribution in [-0.2, 0) is 17.8 Å². The van der Waals surface area contributed by atoms with Gasteiger partial charge in [0.25, 0.3) is 0 Å². The maximum atomic E-state index is 11.7. The van der Waals surface area contributed by atoms with Gasteiger partial charge in [-0.15, -0.1) is 11.3 Å². The number of amides is 1. The van der Waals surface area contributed by atoms with Gasteiger partial charge in [0.1, 0.15) is 0 Å². The molecule has 0 atom stereocenters. The van der Waals surface area contributed by atoms with Gasteiger partial charge in [0, 0.05) is 23.5 Å². The van der Waals surface area contributed by atoms with E-state index in [1.54, 1.807) is 11.3 Å². The van der Waals surface area contributed by atoms with Crippen LogP contribution in [0.4, 0.5) is 5.69 Å². The zero-order chi connectivity index (χ0) is 13.5. The minimum atomic E-state index is 0.0963. The van der Waals surface area contributed by atoms with Gasteiger partial charge in [0.2, 0.25) is 5.91 Å². The third-order valence-corrected chi connectivity index (χ3v) is 3.78. The van der Waals surface area contributed by atoms with Crippen molar-refractivity contribution < 1.29 is 4.79 Å². The summed E-state index contributed by atoms with van der Waals surface area (Å²) in [4.78, 5) is 13.0. The quantitative estimate of drug-likeness (QED) is 0.796. The molecule has 100 valence electrons. The highest BCUT2D eigenvalue weighted by Gasteiger charge is 2.02. The van der Waals surface area contributed by atoms with Crippen molar-refractivity contribution in [2.24, 2.45) is 0 Å². The summed E-state index contributed by atoms with van der Waals surface area (Å²) in [7, 11) is 0. The second-order valence-corrected chi connectivity index (χ2v) is 5.49. The van der Waals surface area contributed by atoms with Gasteiger partial charge < -0.3 is 11.1 Å². The second-order valence-electron chi connectivity index (χ2n) is 4.45. The summed E-state index contributed by atoms with van der Waals surface area (Å²) in [6.07, 6.45) is 2.44. The second kappa shape index (κ2) is 6.95. The van der Waals surface area contributed by atoms with Crippen LogP contribution in [0.1, 0.15) is 23.3 Å². The van der Waals surface area contributed by atoms with Crippen molar-refractivity contribution in [3.05, 3.63) is 52.2 Å². The Morgan fingerprint density at radius 3 is 2.89 bits per heavy atom. The van der Waals surface area contributed by atoms with Crippen LogP contribution in [0.3, 0.4) is 0 Å². The fraction of sp³-hybridized carbons (Fsp3) is 0.267. The number of carbonyl (C=O) groups excluding carboxylic acids is 1. The van der Waals surface area contributed by atoms with Gasteiger partial charge in [0.15, 0.2) is 0 Å². The lowest BCUT2D eigenvalue weighted by molar-refractivity contribution is -0.121. The van der Waals surface area contributed by atoms with Gasteiger partial charge in [-0.2, -0.15) is 0 Å². The monoisotopic (exact) mass is 274 g/mol. The molecule has 0 spiro atoms. The van der Waals surface area contributed by atoms with Crippen molar-refractivity contribution in [2.45, 2.75) is 25.8 Å². The first-order chi connectivity index (χ1) is 9.24. The van der Waals surface area contributed by atoms with Crippen LogP contribution in [0.15, 0.2) is 41.8 Å². The van der Waals surface area contributed by atoms with Gasteiger partial charge in [-0.05, 0) is 42.0 Å². The molecule has 1 heterocycles. The van der Waals surface area contributed by atoms with Crippen LogP contribution in [0.25, 0.3) is 0 Å². The number of carbonyl (C=O) groups is 1. The lowest BCUT2D eigenvalue weighted by Gasteiger charge is -2.05. The standard InChI is InChI=1S/C15H18N2OS/c16-13-5-1-4-12(10-13)11-17-15(18)8-2-6-14-7-3-9-19-14/h1,3-5,7,9-10H,2,6,8,11,16H2,(H,17,18). The number of hydrogen-bond donors (Lipinski definition) is 2. The molecule has 4 heteroatoms. The van der Waals surface area contributed by atoms with E-state index in [0.29, 0.717) is 13.0 Å². The molecule has 2 rings (SSSR count). The van der Waals surface area contributed by atoms with E-state index in [2.05, 4.69) is 16.8 Å². The normalized spacial score (nSPS) is 10.3. The number of rotatable bonds is 6. The number of hydrogen-bond acceptors (Lipinski definition) is 3. The van der Waals surface area contributed by atoms with E-state index >= 15 is 0 Å². The van der Waals surface area contributed by atoms with Crippen molar-refractivity contribution in [3.8, 4) is 0 Å². The number of anilines is 1. The predicted molar refractivity (Wildman–Crippen MR) is 80.0 cm³/mol. The van der Waals surface area contributed by atoms with Crippen LogP contribution >= 0.6 is 11.3 Å². The Balaban J connectivity index is 1.67. The summed E-state index contributed by atoms with van der Waals surface area (Å²) in [6, 6.07) is 11.7. The van der Waals surface area contributed by atoms with Crippen LogP contribution in [0.5, 0.6) is 0 Å². The molecule has 0 aliphatic heterocycles. The fourth-order valence-electron chi connectivity index (χ4n) is 1.87. The fourth-order valence-corrected chi connectivity index (χ4v) is 2.62. The maximum Gasteiger partial charge on any atom is 0.220 e. The smallest absolute Gasteiger partial charge is 0.220 e. The number of nitrogen functional groups attached to an aromatic ring is 1. The average molecular weight is 274 g/mol. The van der Waals surface area contributed by atoms with Gasteiger partial charge in [-0.25, -0.2) is 0 Å². The predicted octanol–water partition coefficient (Wildman–Crippen LogP) is 2.97. The van der Waals surface area contributed by atoms with Gasteiger partial charge >= 0.3 is 0 Å². The van der Waals surface area contributed by atoms with E-state index in [4.69, 9.17) is 5.73 Å². The van der Waals surface area contributed by atoms with E-state index in [9.17, 15) is 4.79 Å². The zero-order valence-corrected chi connectivity index (χ0v) is 11.6. The Hall–Kier alpha value is -1.81. The first-order valence-corrected chi connectivity index (χ1v) is 7.25. The largest absolute Gasteiger partial charge is 0.399 e. The highest BCUT2D eigenvalue weighted by molar-refractivity contribution is 7.09. The van der Waals surface area contributed by atoms with Crippen molar-refractivity contribution in [3.63, 3.8) is 0 Å². The summed E-state index contributed by atoms with van der Waals surface area (Å²) in [6.45, 7) is 0.545. The molecule has 0 bridgehead atoms. The van der Waals surface area contributed by atoms with Gasteiger partial charge in [-0.3, -0.25) is 4.79 Å². The van der Waals surface area contributed by atoms with Crippen molar-refractivity contribution in [1.29, 1.82) is 0 Å². The van der Waals surface area contributed by atoms with Gasteiger partial charge in [0.05, 0.1) is 0 Å². The SMILES string of the molecule is Nc1cccc(CNC(=O)CCCc2cccs2)c1. The molecular weight excluding hydrogens is 256 g/mol. The van der Waals surface area contributed by atoms with Gasteiger partial charge in [-0.1, -0.05) is 18.2 Å². The number of benzene rings is 1. The van der Waals surface area contributed by atoms with Crippen LogP contribution in [0, 0.1) is 0 Å². The van der Waals surface area contributed by atoms with E-state index in [1.165, 1.54) is 4.88 Å². The van der Waals surface area contributed by atoms with Crippen molar-refractivity contribution in [2.75, 3.05) is 5.73 Å². The Morgan fingerprint density at radius 1 is 1.26 bits per heavy atom. The summed E-state index contributed by atoms with van der Waals surface area (Å²) >= 11 is 1.74. The molecule has 1 aromatic carbocycles. The first-order valence-electron chi connectivity index (χ1n) is 6.37. The molecule has 0 radical (unpaired) electrons. The highest BCUT2D eigenvalue weighted by Crippen LogP contribution is 2.12. The molecule has 0 unspecified atom stereocenters. The van der Waals surface area contributed by atoms with E-state index in [-0.39, 0.29) is 5.91 Å². The first kappa shape index (κ1) is 13.6. The Kier molecular flexibility index (Phi) is 4.98. The summed E-state index contributed by atoms with van der Waals surface area (Å²) < 4.78 is 0. The average Bonchev–Trinajstić information content (AvgIpc) is 2.90. The Morgan fingerprint density at radius 2 is 2.16 bits per heavy atom. The molecule has 1 amide bonds. The molecule has 2 aromatic rings. The molecule has 0 aliphatic carbocycles. The number of nitrogens with two attached hydrogens (primary N) is 1.